The molecule has 0 aromatic heterocycles. The van der Waals surface area contributed by atoms with Crippen molar-refractivity contribution >= 4 is 5.84 Å². The van der Waals surface area contributed by atoms with Crippen molar-refractivity contribution in [2.24, 2.45) is 16.8 Å². The van der Waals surface area contributed by atoms with Gasteiger partial charge in [-0.15, -0.1) is 0 Å². The van der Waals surface area contributed by atoms with Gasteiger partial charge in [0.2, 0.25) is 0 Å². The van der Waals surface area contributed by atoms with E-state index < -0.39 is 0 Å². The number of nitrogens with zero attached hydrogens (tertiary/aromatic N) is 1. The first-order valence-corrected chi connectivity index (χ1v) is 3.29. The summed E-state index contributed by atoms with van der Waals surface area (Å²) in [5, 5.41) is 11.0. The van der Waals surface area contributed by atoms with Gasteiger partial charge in [0.15, 0.2) is 0 Å². The summed E-state index contributed by atoms with van der Waals surface area (Å²) in [5.41, 5.74) is 5.25. The lowest BCUT2D eigenvalue weighted by Crippen LogP contribution is -2.10. The van der Waals surface area contributed by atoms with Crippen LogP contribution in [-0.4, -0.2) is 11.0 Å². The highest BCUT2D eigenvalue weighted by Gasteiger charge is 2.20. The van der Waals surface area contributed by atoms with Gasteiger partial charge in [-0.25, -0.2) is 0 Å². The molecule has 9 heavy (non-hydrogen) atoms. The van der Waals surface area contributed by atoms with Gasteiger partial charge in [-0.05, 0) is 12.3 Å². The van der Waals surface area contributed by atoms with Gasteiger partial charge >= 0.3 is 0 Å². The molecule has 3 nitrogen and oxygen atoms in total. The van der Waals surface area contributed by atoms with Crippen LogP contribution in [0.3, 0.4) is 0 Å². The van der Waals surface area contributed by atoms with Gasteiger partial charge in [0, 0.05) is 6.42 Å². The maximum atomic E-state index is 8.13. The van der Waals surface area contributed by atoms with Crippen LogP contribution in [0.25, 0.3) is 0 Å². The highest BCUT2D eigenvalue weighted by atomic mass is 16.4. The Kier molecular flexibility index (Phi) is 1.92. The first-order chi connectivity index (χ1) is 4.33. The van der Waals surface area contributed by atoms with Gasteiger partial charge in [0.25, 0.3) is 0 Å². The van der Waals surface area contributed by atoms with E-state index in [0.717, 1.165) is 18.8 Å². The second kappa shape index (κ2) is 2.71. The number of amidine groups is 1. The summed E-state index contributed by atoms with van der Waals surface area (Å²) in [7, 11) is 0. The summed E-state index contributed by atoms with van der Waals surface area (Å²) in [4.78, 5) is 0. The molecule has 0 aromatic carbocycles. The Morgan fingerprint density at radius 3 is 2.78 bits per heavy atom. The predicted molar refractivity (Wildman–Crippen MR) is 35.4 cm³/mol. The predicted octanol–water partition coefficient (Wildman–Crippen LogP) is 0.923. The minimum atomic E-state index is 0.363. The van der Waals surface area contributed by atoms with Crippen molar-refractivity contribution in [3.63, 3.8) is 0 Å². The number of hydrogen-bond acceptors (Lipinski definition) is 2. The zero-order valence-electron chi connectivity index (χ0n) is 5.38. The van der Waals surface area contributed by atoms with Crippen molar-refractivity contribution in [3.8, 4) is 0 Å². The quantitative estimate of drug-likeness (QED) is 0.257. The molecule has 1 rings (SSSR count). The Hall–Kier alpha value is -0.730. The lowest BCUT2D eigenvalue weighted by atomic mass is 10.2. The van der Waals surface area contributed by atoms with Crippen molar-refractivity contribution in [1.82, 2.24) is 0 Å². The fourth-order valence-corrected chi connectivity index (χ4v) is 0.809. The maximum absolute atomic E-state index is 8.13. The molecule has 0 aromatic rings. The second-order valence-electron chi connectivity index (χ2n) is 2.57. The molecule has 0 atom stereocenters. The lowest BCUT2D eigenvalue weighted by Gasteiger charge is -1.93. The average molecular weight is 128 g/mol. The highest BCUT2D eigenvalue weighted by Crippen LogP contribution is 2.33. The molecule has 1 saturated carbocycles. The van der Waals surface area contributed by atoms with Crippen LogP contribution in [0, 0.1) is 5.92 Å². The number of nitrogens with two attached hydrogens (primary N) is 1. The van der Waals surface area contributed by atoms with Crippen molar-refractivity contribution in [2.75, 3.05) is 0 Å². The molecule has 0 unspecified atom stereocenters. The molecule has 0 saturated heterocycles. The molecule has 1 aliphatic rings. The monoisotopic (exact) mass is 128 g/mol. The Morgan fingerprint density at radius 2 is 2.33 bits per heavy atom. The second-order valence-corrected chi connectivity index (χ2v) is 2.57. The van der Waals surface area contributed by atoms with Gasteiger partial charge in [-0.3, -0.25) is 0 Å². The summed E-state index contributed by atoms with van der Waals surface area (Å²) in [6, 6.07) is 0. The molecule has 1 aliphatic carbocycles. The molecule has 3 N–H and O–H groups in total. The Balaban J connectivity index is 2.03. The van der Waals surface area contributed by atoms with E-state index in [2.05, 4.69) is 5.16 Å². The van der Waals surface area contributed by atoms with E-state index in [-0.39, 0.29) is 0 Å². The molecule has 0 radical (unpaired) electrons. The minimum absolute atomic E-state index is 0.363. The van der Waals surface area contributed by atoms with Crippen LogP contribution in [0.4, 0.5) is 0 Å². The Bertz CT molecular complexity index is 118. The molecule has 0 bridgehead atoms. The van der Waals surface area contributed by atoms with E-state index in [0.29, 0.717) is 5.84 Å². The van der Waals surface area contributed by atoms with Crippen molar-refractivity contribution in [2.45, 2.75) is 25.7 Å². The van der Waals surface area contributed by atoms with Crippen molar-refractivity contribution in [1.29, 1.82) is 0 Å². The molecular weight excluding hydrogens is 116 g/mol. The van der Waals surface area contributed by atoms with Gasteiger partial charge in [0.05, 0.1) is 0 Å². The molecule has 0 aliphatic heterocycles. The standard InChI is InChI=1S/C6H12N2O/c7-6(8-9)4-3-5-1-2-5/h5,9H,1-4H2,(H2,7,8). The molecule has 3 heteroatoms. The summed E-state index contributed by atoms with van der Waals surface area (Å²) in [6.07, 6.45) is 4.51. The smallest absolute Gasteiger partial charge is 0.139 e. The van der Waals surface area contributed by atoms with Crippen LogP contribution >= 0.6 is 0 Å². The van der Waals surface area contributed by atoms with Crippen LogP contribution in [0.1, 0.15) is 25.7 Å². The van der Waals surface area contributed by atoms with E-state index in [4.69, 9.17) is 10.9 Å². The van der Waals surface area contributed by atoms with Gasteiger partial charge in [-0.2, -0.15) is 0 Å². The summed E-state index contributed by atoms with van der Waals surface area (Å²) in [5.74, 6) is 1.23. The fraction of sp³-hybridized carbons (Fsp3) is 0.833. The minimum Gasteiger partial charge on any atom is -0.409 e. The van der Waals surface area contributed by atoms with Gasteiger partial charge in [-0.1, -0.05) is 18.0 Å². The van der Waals surface area contributed by atoms with Gasteiger partial charge < -0.3 is 10.9 Å². The molecule has 52 valence electrons. The molecule has 1 fully saturated rings. The van der Waals surface area contributed by atoms with Crippen molar-refractivity contribution in [3.05, 3.63) is 0 Å². The molecule has 0 amide bonds. The molecular formula is C6H12N2O. The SMILES string of the molecule is NC(CCC1CC1)=NO. The zero-order chi connectivity index (χ0) is 6.69. The van der Waals surface area contributed by atoms with Crippen LogP contribution in [0.5, 0.6) is 0 Å². The summed E-state index contributed by atoms with van der Waals surface area (Å²) in [6.45, 7) is 0. The Labute approximate surface area is 54.5 Å². The van der Waals surface area contributed by atoms with E-state index in [9.17, 15) is 0 Å². The molecule has 0 spiro atoms. The number of oxime groups is 1. The van der Waals surface area contributed by atoms with Crippen LogP contribution < -0.4 is 5.73 Å². The highest BCUT2D eigenvalue weighted by molar-refractivity contribution is 5.79. The fourth-order valence-electron chi connectivity index (χ4n) is 0.809. The van der Waals surface area contributed by atoms with Crippen LogP contribution in [0.15, 0.2) is 5.16 Å². The summed E-state index contributed by atoms with van der Waals surface area (Å²) < 4.78 is 0. The van der Waals surface area contributed by atoms with Crippen molar-refractivity contribution < 1.29 is 5.21 Å². The summed E-state index contributed by atoms with van der Waals surface area (Å²) >= 11 is 0. The average Bonchev–Trinajstić information content (AvgIpc) is 2.65. The van der Waals surface area contributed by atoms with Crippen LogP contribution in [-0.2, 0) is 0 Å². The van der Waals surface area contributed by atoms with Crippen LogP contribution in [0.2, 0.25) is 0 Å². The largest absolute Gasteiger partial charge is 0.409 e. The first kappa shape index (κ1) is 6.39. The van der Waals surface area contributed by atoms with E-state index in [1.807, 2.05) is 0 Å². The normalized spacial score (nSPS) is 20.2. The third-order valence-electron chi connectivity index (χ3n) is 1.63. The number of hydrogen-bond donors (Lipinski definition) is 2. The third-order valence-corrected chi connectivity index (χ3v) is 1.63. The maximum Gasteiger partial charge on any atom is 0.139 e. The van der Waals surface area contributed by atoms with E-state index in [1.165, 1.54) is 12.8 Å². The van der Waals surface area contributed by atoms with E-state index >= 15 is 0 Å². The van der Waals surface area contributed by atoms with Gasteiger partial charge in [0.1, 0.15) is 5.84 Å². The lowest BCUT2D eigenvalue weighted by molar-refractivity contribution is 0.316. The third kappa shape index (κ3) is 2.35. The van der Waals surface area contributed by atoms with E-state index in [1.54, 1.807) is 0 Å². The number of rotatable bonds is 3. The Morgan fingerprint density at radius 1 is 1.67 bits per heavy atom. The molecule has 0 heterocycles. The topological polar surface area (TPSA) is 58.6 Å². The zero-order valence-corrected chi connectivity index (χ0v) is 5.38. The first-order valence-electron chi connectivity index (χ1n) is 3.29.